The Hall–Kier alpha value is -0.470. The van der Waals surface area contributed by atoms with E-state index in [1.807, 2.05) is 0 Å². The standard InChI is InChI=1S/C20H35O8P.Na/c1-17(2)19(21)25-13-9-5-7-11-15-27-29(23,24)28-16-12-8-6-10-14-26-20(22)18(3)4;/h1,3,5-16H2,2,4H3,(H,23,24);/q;+1/p-1. The van der Waals surface area contributed by atoms with Gasteiger partial charge in [-0.1, -0.05) is 26.0 Å². The van der Waals surface area contributed by atoms with Gasteiger partial charge in [-0.2, -0.15) is 0 Å². The van der Waals surface area contributed by atoms with E-state index in [1.54, 1.807) is 13.8 Å². The number of carbonyl (C=O) groups is 2. The van der Waals surface area contributed by atoms with Crippen LogP contribution in [0.15, 0.2) is 24.3 Å². The Kier molecular flexibility index (Phi) is 20.3. The van der Waals surface area contributed by atoms with Gasteiger partial charge in [0, 0.05) is 11.1 Å². The van der Waals surface area contributed by atoms with Crippen LogP contribution in [0, 0.1) is 0 Å². The van der Waals surface area contributed by atoms with E-state index in [0.717, 1.165) is 25.7 Å². The minimum absolute atomic E-state index is 0. The van der Waals surface area contributed by atoms with Crippen molar-refractivity contribution >= 4 is 19.8 Å². The second kappa shape index (κ2) is 19.2. The molecule has 0 aliphatic carbocycles. The SMILES string of the molecule is C=C(C)C(=O)OCCCCCCOP(=O)([O-])OCCCCCCOC(=O)C(=C)C.[Na+]. The van der Waals surface area contributed by atoms with E-state index in [4.69, 9.17) is 18.5 Å². The molecule has 0 N–H and O–H groups in total. The van der Waals surface area contributed by atoms with Gasteiger partial charge < -0.3 is 23.4 Å². The minimum Gasteiger partial charge on any atom is -0.756 e. The summed E-state index contributed by atoms with van der Waals surface area (Å²) in [4.78, 5) is 34.0. The predicted molar refractivity (Wildman–Crippen MR) is 108 cm³/mol. The van der Waals surface area contributed by atoms with Crippen LogP contribution in [-0.2, 0) is 32.7 Å². The van der Waals surface area contributed by atoms with Crippen molar-refractivity contribution in [1.82, 2.24) is 0 Å². The van der Waals surface area contributed by atoms with Gasteiger partial charge in [0.25, 0.3) is 7.82 Å². The molecule has 0 saturated carbocycles. The van der Waals surface area contributed by atoms with Crippen molar-refractivity contribution in [2.45, 2.75) is 65.2 Å². The van der Waals surface area contributed by atoms with E-state index < -0.39 is 19.8 Å². The fraction of sp³-hybridized carbons (Fsp3) is 0.700. The molecule has 0 saturated heterocycles. The van der Waals surface area contributed by atoms with Crippen LogP contribution in [0.1, 0.15) is 65.2 Å². The van der Waals surface area contributed by atoms with Crippen LogP contribution >= 0.6 is 7.82 Å². The number of hydrogen-bond acceptors (Lipinski definition) is 8. The number of ether oxygens (including phenoxy) is 2. The molecule has 0 heterocycles. The maximum Gasteiger partial charge on any atom is 1.00 e. The Labute approximate surface area is 202 Å². The summed E-state index contributed by atoms with van der Waals surface area (Å²) in [6, 6.07) is 0. The summed E-state index contributed by atoms with van der Waals surface area (Å²) in [5.41, 5.74) is 0.738. The van der Waals surface area contributed by atoms with E-state index in [-0.39, 0.29) is 42.8 Å². The third-order valence-corrected chi connectivity index (χ3v) is 4.74. The van der Waals surface area contributed by atoms with Crippen LogP contribution in [0.4, 0.5) is 0 Å². The molecular formula is C20H34NaO8P. The zero-order valence-electron chi connectivity index (χ0n) is 18.6. The van der Waals surface area contributed by atoms with Crippen LogP contribution in [0.5, 0.6) is 0 Å². The number of carbonyl (C=O) groups excluding carboxylic acids is 2. The first-order valence-corrected chi connectivity index (χ1v) is 11.4. The average molecular weight is 456 g/mol. The van der Waals surface area contributed by atoms with Crippen molar-refractivity contribution in [3.05, 3.63) is 24.3 Å². The maximum atomic E-state index is 11.6. The van der Waals surface area contributed by atoms with E-state index in [2.05, 4.69) is 13.2 Å². The summed E-state index contributed by atoms with van der Waals surface area (Å²) in [5, 5.41) is 0. The largest absolute Gasteiger partial charge is 1.00 e. The molecule has 0 aromatic rings. The van der Waals surface area contributed by atoms with Gasteiger partial charge in [-0.05, 0) is 52.4 Å². The van der Waals surface area contributed by atoms with Gasteiger partial charge in [-0.15, -0.1) is 0 Å². The van der Waals surface area contributed by atoms with Crippen molar-refractivity contribution in [2.75, 3.05) is 26.4 Å². The minimum atomic E-state index is -4.27. The topological polar surface area (TPSA) is 111 Å². The molecule has 0 spiro atoms. The van der Waals surface area contributed by atoms with Crippen molar-refractivity contribution in [3.8, 4) is 0 Å². The first-order valence-electron chi connectivity index (χ1n) is 9.91. The van der Waals surface area contributed by atoms with Gasteiger partial charge >= 0.3 is 41.5 Å². The number of phosphoric ester groups is 1. The van der Waals surface area contributed by atoms with Crippen LogP contribution < -0.4 is 34.5 Å². The monoisotopic (exact) mass is 456 g/mol. The molecule has 0 aromatic heterocycles. The molecule has 30 heavy (non-hydrogen) atoms. The quantitative estimate of drug-likeness (QED) is 0.0982. The van der Waals surface area contributed by atoms with E-state index >= 15 is 0 Å². The molecule has 0 bridgehead atoms. The zero-order valence-corrected chi connectivity index (χ0v) is 21.5. The van der Waals surface area contributed by atoms with Gasteiger partial charge in [0.15, 0.2) is 0 Å². The van der Waals surface area contributed by atoms with Crippen LogP contribution in [-0.4, -0.2) is 38.4 Å². The van der Waals surface area contributed by atoms with Crippen LogP contribution in [0.2, 0.25) is 0 Å². The van der Waals surface area contributed by atoms with Gasteiger partial charge in [0.05, 0.1) is 26.4 Å². The molecular weight excluding hydrogens is 422 g/mol. The van der Waals surface area contributed by atoms with Gasteiger partial charge in [-0.3, -0.25) is 4.57 Å². The molecule has 0 fully saturated rings. The molecule has 0 rings (SSSR count). The summed E-state index contributed by atoms with van der Waals surface area (Å²) in [6.45, 7) is 11.0. The Balaban J connectivity index is 0. The van der Waals surface area contributed by atoms with Gasteiger partial charge in [-0.25, -0.2) is 9.59 Å². The van der Waals surface area contributed by atoms with E-state index in [9.17, 15) is 19.0 Å². The normalized spacial score (nSPS) is 10.8. The smallest absolute Gasteiger partial charge is 0.756 e. The molecule has 0 aromatic carbocycles. The maximum absolute atomic E-state index is 11.6. The average Bonchev–Trinajstić information content (AvgIpc) is 2.65. The molecule has 8 nitrogen and oxygen atoms in total. The molecule has 0 unspecified atom stereocenters. The third kappa shape index (κ3) is 19.5. The molecule has 0 atom stereocenters. The van der Waals surface area contributed by atoms with Gasteiger partial charge in [0.2, 0.25) is 0 Å². The summed E-state index contributed by atoms with van der Waals surface area (Å²) in [5.74, 6) is -0.798. The van der Waals surface area contributed by atoms with E-state index in [1.165, 1.54) is 0 Å². The first kappa shape index (κ1) is 31.7. The fourth-order valence-electron chi connectivity index (χ4n) is 2.08. The Morgan fingerprint density at radius 2 is 1.00 bits per heavy atom. The molecule has 0 aliphatic heterocycles. The Morgan fingerprint density at radius 1 is 0.700 bits per heavy atom. The molecule has 0 radical (unpaired) electrons. The van der Waals surface area contributed by atoms with E-state index in [0.29, 0.717) is 50.0 Å². The van der Waals surface area contributed by atoms with Crippen LogP contribution in [0.25, 0.3) is 0 Å². The number of hydrogen-bond donors (Lipinski definition) is 0. The second-order valence-corrected chi connectivity index (χ2v) is 8.19. The molecule has 10 heteroatoms. The first-order chi connectivity index (χ1) is 13.7. The number of phosphoric acid groups is 1. The Morgan fingerprint density at radius 3 is 1.30 bits per heavy atom. The number of esters is 2. The number of rotatable bonds is 18. The van der Waals surface area contributed by atoms with Crippen molar-refractivity contribution in [2.24, 2.45) is 0 Å². The van der Waals surface area contributed by atoms with Gasteiger partial charge in [0.1, 0.15) is 0 Å². The second-order valence-electron chi connectivity index (χ2n) is 6.77. The summed E-state index contributed by atoms with van der Waals surface area (Å²) < 4.78 is 31.2. The summed E-state index contributed by atoms with van der Waals surface area (Å²) >= 11 is 0. The van der Waals surface area contributed by atoms with Crippen molar-refractivity contribution < 1.29 is 67.1 Å². The Bertz CT molecular complexity index is 533. The summed E-state index contributed by atoms with van der Waals surface area (Å²) in [6.07, 6.45) is 5.70. The fourth-order valence-corrected chi connectivity index (χ4v) is 2.86. The summed E-state index contributed by atoms with van der Waals surface area (Å²) in [7, 11) is -4.27. The predicted octanol–water partition coefficient (Wildman–Crippen LogP) is 0.851. The molecule has 0 aliphatic rings. The third-order valence-electron chi connectivity index (χ3n) is 3.74. The van der Waals surface area contributed by atoms with Crippen molar-refractivity contribution in [1.29, 1.82) is 0 Å². The zero-order chi connectivity index (χ0) is 22.1. The van der Waals surface area contributed by atoms with Crippen molar-refractivity contribution in [3.63, 3.8) is 0 Å². The molecule has 0 amide bonds. The number of unbranched alkanes of at least 4 members (excludes halogenated alkanes) is 6. The molecule has 168 valence electrons. The van der Waals surface area contributed by atoms with Crippen LogP contribution in [0.3, 0.4) is 0 Å².